The van der Waals surface area contributed by atoms with E-state index in [1.807, 2.05) is 7.05 Å². The lowest BCUT2D eigenvalue weighted by atomic mass is 9.91. The minimum atomic E-state index is 0.0605. The van der Waals surface area contributed by atoms with Crippen LogP contribution in [0.1, 0.15) is 37.3 Å². The molecule has 1 aromatic carbocycles. The molecule has 1 saturated heterocycles. The molecule has 0 spiro atoms. The lowest BCUT2D eigenvalue weighted by Gasteiger charge is -2.25. The van der Waals surface area contributed by atoms with E-state index in [0.29, 0.717) is 0 Å². The van der Waals surface area contributed by atoms with E-state index in [4.69, 9.17) is 0 Å². The summed E-state index contributed by atoms with van der Waals surface area (Å²) in [5.41, 5.74) is 2.91. The lowest BCUT2D eigenvalue weighted by molar-refractivity contribution is 0.411. The molecule has 2 rings (SSSR count). The second kappa shape index (κ2) is 4.79. The maximum absolute atomic E-state index is 3.35. The molecule has 1 aromatic rings. The highest BCUT2D eigenvalue weighted by atomic mass is 15.1. The molecular formula is C15H24N2. The molecule has 0 aliphatic carbocycles. The molecule has 1 fully saturated rings. The fourth-order valence-electron chi connectivity index (χ4n) is 2.52. The molecule has 1 unspecified atom stereocenters. The first kappa shape index (κ1) is 12.6. The van der Waals surface area contributed by atoms with Crippen molar-refractivity contribution in [3.05, 3.63) is 35.4 Å². The van der Waals surface area contributed by atoms with Crippen molar-refractivity contribution in [3.8, 4) is 0 Å². The minimum Gasteiger partial charge on any atom is -0.311 e. The number of nitrogens with zero attached hydrogens (tertiary/aromatic N) is 1. The van der Waals surface area contributed by atoms with Crippen LogP contribution in [0.4, 0.5) is 0 Å². The van der Waals surface area contributed by atoms with E-state index in [-0.39, 0.29) is 5.54 Å². The molecule has 1 heterocycles. The zero-order valence-corrected chi connectivity index (χ0v) is 11.5. The van der Waals surface area contributed by atoms with Crippen molar-refractivity contribution >= 4 is 0 Å². The zero-order valence-electron chi connectivity index (χ0n) is 11.5. The van der Waals surface area contributed by atoms with Crippen LogP contribution in [0.15, 0.2) is 24.3 Å². The molecule has 17 heavy (non-hydrogen) atoms. The maximum Gasteiger partial charge on any atom is 0.0374 e. The van der Waals surface area contributed by atoms with Gasteiger partial charge in [0.05, 0.1) is 0 Å². The molecular weight excluding hydrogens is 208 g/mol. The van der Waals surface area contributed by atoms with Gasteiger partial charge in [-0.2, -0.15) is 0 Å². The van der Waals surface area contributed by atoms with Gasteiger partial charge < -0.3 is 10.2 Å². The van der Waals surface area contributed by atoms with Gasteiger partial charge in [-0.15, -0.1) is 0 Å². The molecule has 0 radical (unpaired) electrons. The molecule has 1 aliphatic rings. The predicted molar refractivity (Wildman–Crippen MR) is 73.4 cm³/mol. The van der Waals surface area contributed by atoms with E-state index < -0.39 is 0 Å². The summed E-state index contributed by atoms with van der Waals surface area (Å²) >= 11 is 0. The highest BCUT2D eigenvalue weighted by Crippen LogP contribution is 2.28. The van der Waals surface area contributed by atoms with E-state index in [0.717, 1.165) is 5.92 Å². The summed E-state index contributed by atoms with van der Waals surface area (Å²) in [5, 5.41) is 3.35. The summed E-state index contributed by atoms with van der Waals surface area (Å²) in [4.78, 5) is 2.41. The standard InChI is InChI=1S/C15H24N2/c1-15(2,16-3)14-7-5-12(6-8-14)13-9-10-17(4)11-13/h5-8,13,16H,9-11H2,1-4H3. The van der Waals surface area contributed by atoms with E-state index >= 15 is 0 Å². The van der Waals surface area contributed by atoms with E-state index in [1.54, 1.807) is 0 Å². The molecule has 0 bridgehead atoms. The van der Waals surface area contributed by atoms with Crippen molar-refractivity contribution in [1.82, 2.24) is 10.2 Å². The molecule has 1 aliphatic heterocycles. The van der Waals surface area contributed by atoms with Gasteiger partial charge in [-0.1, -0.05) is 24.3 Å². The Labute approximate surface area is 105 Å². The number of likely N-dealkylation sites (tertiary alicyclic amines) is 1. The summed E-state index contributed by atoms with van der Waals surface area (Å²) in [7, 11) is 4.22. The largest absolute Gasteiger partial charge is 0.311 e. The molecule has 94 valence electrons. The topological polar surface area (TPSA) is 15.3 Å². The van der Waals surface area contributed by atoms with Crippen LogP contribution in [0.2, 0.25) is 0 Å². The van der Waals surface area contributed by atoms with E-state index in [2.05, 4.69) is 55.4 Å². The molecule has 0 amide bonds. The first-order valence-electron chi connectivity index (χ1n) is 6.51. The predicted octanol–water partition coefficient (Wildman–Crippen LogP) is 2.56. The van der Waals surface area contributed by atoms with E-state index in [9.17, 15) is 0 Å². The molecule has 0 saturated carbocycles. The summed E-state index contributed by atoms with van der Waals surface area (Å²) in [5.74, 6) is 0.728. The quantitative estimate of drug-likeness (QED) is 0.861. The molecule has 1 atom stereocenters. The molecule has 0 aromatic heterocycles. The number of likely N-dealkylation sites (N-methyl/N-ethyl adjacent to an activating group) is 1. The minimum absolute atomic E-state index is 0.0605. The summed E-state index contributed by atoms with van der Waals surface area (Å²) in [6.07, 6.45) is 1.30. The van der Waals surface area contributed by atoms with E-state index in [1.165, 1.54) is 30.6 Å². The van der Waals surface area contributed by atoms with Gasteiger partial charge in [0.15, 0.2) is 0 Å². The Morgan fingerprint density at radius 1 is 1.24 bits per heavy atom. The van der Waals surface area contributed by atoms with Gasteiger partial charge in [-0.25, -0.2) is 0 Å². The highest BCUT2D eigenvalue weighted by Gasteiger charge is 2.22. The van der Waals surface area contributed by atoms with Gasteiger partial charge in [0, 0.05) is 12.1 Å². The van der Waals surface area contributed by atoms with Crippen LogP contribution in [-0.4, -0.2) is 32.1 Å². The Hall–Kier alpha value is -0.860. The summed E-state index contributed by atoms with van der Waals surface area (Å²) in [6, 6.07) is 9.14. The Morgan fingerprint density at radius 2 is 1.88 bits per heavy atom. The van der Waals surface area contributed by atoms with Crippen molar-refractivity contribution in [2.45, 2.75) is 31.7 Å². The van der Waals surface area contributed by atoms with Gasteiger partial charge in [0.2, 0.25) is 0 Å². The van der Waals surface area contributed by atoms with Crippen LogP contribution < -0.4 is 5.32 Å². The molecule has 2 nitrogen and oxygen atoms in total. The summed E-state index contributed by atoms with van der Waals surface area (Å²) in [6.45, 7) is 6.86. The van der Waals surface area contributed by atoms with Gasteiger partial charge >= 0.3 is 0 Å². The maximum atomic E-state index is 3.35. The number of hydrogen-bond acceptors (Lipinski definition) is 2. The zero-order chi connectivity index (χ0) is 12.5. The van der Waals surface area contributed by atoms with Crippen molar-refractivity contribution in [2.24, 2.45) is 0 Å². The Bertz CT molecular complexity index is 367. The Kier molecular flexibility index (Phi) is 3.55. The van der Waals surface area contributed by atoms with Crippen LogP contribution in [0.5, 0.6) is 0 Å². The van der Waals surface area contributed by atoms with Crippen LogP contribution in [0.3, 0.4) is 0 Å². The molecule has 1 N–H and O–H groups in total. The number of benzene rings is 1. The fraction of sp³-hybridized carbons (Fsp3) is 0.600. The Balaban J connectivity index is 2.13. The smallest absolute Gasteiger partial charge is 0.0374 e. The van der Waals surface area contributed by atoms with Crippen molar-refractivity contribution in [2.75, 3.05) is 27.2 Å². The normalized spacial score (nSPS) is 22.0. The molecule has 2 heteroatoms. The number of nitrogens with one attached hydrogen (secondary N) is 1. The SMILES string of the molecule is CNC(C)(C)c1ccc(C2CCN(C)C2)cc1. The van der Waals surface area contributed by atoms with Gasteiger partial charge in [-0.3, -0.25) is 0 Å². The van der Waals surface area contributed by atoms with Crippen LogP contribution in [0.25, 0.3) is 0 Å². The average Bonchev–Trinajstić information content (AvgIpc) is 2.76. The van der Waals surface area contributed by atoms with Gasteiger partial charge in [-0.05, 0) is 58.0 Å². The number of hydrogen-bond donors (Lipinski definition) is 1. The Morgan fingerprint density at radius 3 is 2.35 bits per heavy atom. The van der Waals surface area contributed by atoms with Crippen LogP contribution in [-0.2, 0) is 5.54 Å². The third kappa shape index (κ3) is 2.70. The van der Waals surface area contributed by atoms with Crippen LogP contribution in [0, 0.1) is 0 Å². The van der Waals surface area contributed by atoms with Gasteiger partial charge in [0.1, 0.15) is 0 Å². The van der Waals surface area contributed by atoms with Crippen molar-refractivity contribution in [1.29, 1.82) is 0 Å². The van der Waals surface area contributed by atoms with Crippen LogP contribution >= 0.6 is 0 Å². The van der Waals surface area contributed by atoms with Crippen molar-refractivity contribution < 1.29 is 0 Å². The monoisotopic (exact) mass is 232 g/mol. The second-order valence-corrected chi connectivity index (χ2v) is 5.74. The average molecular weight is 232 g/mol. The second-order valence-electron chi connectivity index (χ2n) is 5.74. The first-order valence-corrected chi connectivity index (χ1v) is 6.51. The lowest BCUT2D eigenvalue weighted by Crippen LogP contribution is -2.33. The fourth-order valence-corrected chi connectivity index (χ4v) is 2.52. The first-order chi connectivity index (χ1) is 8.03. The highest BCUT2D eigenvalue weighted by molar-refractivity contribution is 5.30. The summed E-state index contributed by atoms with van der Waals surface area (Å²) < 4.78 is 0. The number of rotatable bonds is 3. The van der Waals surface area contributed by atoms with Crippen molar-refractivity contribution in [3.63, 3.8) is 0 Å². The third-order valence-electron chi connectivity index (χ3n) is 4.12. The third-order valence-corrected chi connectivity index (χ3v) is 4.12. The van der Waals surface area contributed by atoms with Gasteiger partial charge in [0.25, 0.3) is 0 Å².